The summed E-state index contributed by atoms with van der Waals surface area (Å²) in [4.78, 5) is 16.2. The lowest BCUT2D eigenvalue weighted by Gasteiger charge is -2.26. The van der Waals surface area contributed by atoms with Crippen molar-refractivity contribution in [1.82, 2.24) is 9.80 Å². The molecule has 0 aliphatic carbocycles. The zero-order valence-electron chi connectivity index (χ0n) is 13.7. The average Bonchev–Trinajstić information content (AvgIpc) is 2.53. The molecule has 0 saturated carbocycles. The number of carbonyl (C=O) groups excluding carboxylic acids is 1. The Morgan fingerprint density at radius 3 is 2.38 bits per heavy atom. The van der Waals surface area contributed by atoms with Crippen LogP contribution in [0.2, 0.25) is 0 Å². The Labute approximate surface area is 128 Å². The van der Waals surface area contributed by atoms with Gasteiger partial charge in [-0.2, -0.15) is 0 Å². The van der Waals surface area contributed by atoms with Crippen molar-refractivity contribution in [2.24, 2.45) is 0 Å². The van der Waals surface area contributed by atoms with Crippen LogP contribution in [0, 0.1) is 0 Å². The molecule has 0 heterocycles. The van der Waals surface area contributed by atoms with Gasteiger partial charge in [0.1, 0.15) is 12.4 Å². The van der Waals surface area contributed by atoms with Gasteiger partial charge < -0.3 is 14.5 Å². The minimum atomic E-state index is 0.0643. The molecule has 4 heteroatoms. The Bertz CT molecular complexity index is 405. The van der Waals surface area contributed by atoms with E-state index in [0.29, 0.717) is 13.0 Å². The van der Waals surface area contributed by atoms with E-state index in [9.17, 15) is 4.79 Å². The van der Waals surface area contributed by atoms with Crippen molar-refractivity contribution < 1.29 is 9.53 Å². The maximum atomic E-state index is 12.2. The highest BCUT2D eigenvalue weighted by molar-refractivity contribution is 5.76. The molecule has 118 valence electrons. The van der Waals surface area contributed by atoms with Crippen LogP contribution in [0.4, 0.5) is 0 Å². The van der Waals surface area contributed by atoms with E-state index in [1.807, 2.05) is 44.3 Å². The smallest absolute Gasteiger partial charge is 0.223 e. The van der Waals surface area contributed by atoms with Crippen molar-refractivity contribution in [1.29, 1.82) is 0 Å². The highest BCUT2D eigenvalue weighted by Gasteiger charge is 2.16. The summed E-state index contributed by atoms with van der Waals surface area (Å²) in [6, 6.07) is 9.76. The van der Waals surface area contributed by atoms with E-state index in [1.54, 1.807) is 4.90 Å². The number of nitrogens with zero attached hydrogens (tertiary/aromatic N) is 2. The van der Waals surface area contributed by atoms with E-state index in [2.05, 4.69) is 18.7 Å². The number of likely N-dealkylation sites (N-methyl/N-ethyl adjacent to an activating group) is 1. The fraction of sp³-hybridized carbons (Fsp3) is 0.588. The summed E-state index contributed by atoms with van der Waals surface area (Å²) in [5.74, 6) is 1.01. The number of carbonyl (C=O) groups is 1. The minimum absolute atomic E-state index is 0.0643. The first-order valence-electron chi connectivity index (χ1n) is 7.74. The molecule has 1 aromatic carbocycles. The molecule has 1 atom stereocenters. The highest BCUT2D eigenvalue weighted by atomic mass is 16.5. The van der Waals surface area contributed by atoms with Gasteiger partial charge in [0.25, 0.3) is 0 Å². The van der Waals surface area contributed by atoms with E-state index >= 15 is 0 Å². The molecule has 1 aromatic rings. The maximum absolute atomic E-state index is 12.2. The van der Waals surface area contributed by atoms with Crippen LogP contribution in [-0.2, 0) is 4.79 Å². The first kappa shape index (κ1) is 17.5. The highest BCUT2D eigenvalue weighted by Crippen LogP contribution is 2.10. The molecule has 0 aliphatic rings. The number of benzene rings is 1. The van der Waals surface area contributed by atoms with Gasteiger partial charge in [0.2, 0.25) is 5.91 Å². The van der Waals surface area contributed by atoms with Gasteiger partial charge in [-0.05, 0) is 32.1 Å². The quantitative estimate of drug-likeness (QED) is 0.701. The van der Waals surface area contributed by atoms with Gasteiger partial charge in [-0.3, -0.25) is 4.79 Å². The van der Waals surface area contributed by atoms with E-state index in [1.165, 1.54) is 0 Å². The largest absolute Gasteiger partial charge is 0.491 e. The number of hydrogen-bond donors (Lipinski definition) is 0. The van der Waals surface area contributed by atoms with Crippen LogP contribution in [0.1, 0.15) is 27.2 Å². The molecule has 1 amide bonds. The van der Waals surface area contributed by atoms with E-state index in [0.717, 1.165) is 25.4 Å². The molecule has 1 unspecified atom stereocenters. The molecule has 0 bridgehead atoms. The molecule has 0 saturated heterocycles. The van der Waals surface area contributed by atoms with E-state index in [4.69, 9.17) is 4.74 Å². The zero-order valence-corrected chi connectivity index (χ0v) is 13.7. The van der Waals surface area contributed by atoms with E-state index < -0.39 is 0 Å². The minimum Gasteiger partial charge on any atom is -0.491 e. The van der Waals surface area contributed by atoms with Gasteiger partial charge >= 0.3 is 0 Å². The molecule has 21 heavy (non-hydrogen) atoms. The summed E-state index contributed by atoms with van der Waals surface area (Å²) in [7, 11) is 1.85. The van der Waals surface area contributed by atoms with Crippen molar-refractivity contribution >= 4 is 5.91 Å². The van der Waals surface area contributed by atoms with Crippen LogP contribution in [-0.4, -0.2) is 55.0 Å². The van der Waals surface area contributed by atoms with Crippen molar-refractivity contribution in [2.75, 3.05) is 33.3 Å². The Hall–Kier alpha value is -1.55. The Kier molecular flexibility index (Phi) is 7.83. The van der Waals surface area contributed by atoms with Gasteiger partial charge in [-0.1, -0.05) is 32.0 Å². The number of hydrogen-bond acceptors (Lipinski definition) is 3. The summed E-state index contributed by atoms with van der Waals surface area (Å²) in [6.07, 6.45) is 0.563. The Morgan fingerprint density at radius 2 is 1.81 bits per heavy atom. The van der Waals surface area contributed by atoms with Gasteiger partial charge in [0.05, 0.1) is 6.04 Å². The lowest BCUT2D eigenvalue weighted by Crippen LogP contribution is -2.40. The number of amides is 1. The summed E-state index contributed by atoms with van der Waals surface area (Å²) in [5.41, 5.74) is 0. The second kappa shape index (κ2) is 9.40. The predicted octanol–water partition coefficient (Wildman–Crippen LogP) is 2.64. The molecule has 4 nitrogen and oxygen atoms in total. The average molecular weight is 292 g/mol. The lowest BCUT2D eigenvalue weighted by atomic mass is 10.2. The van der Waals surface area contributed by atoms with Crippen molar-refractivity contribution in [3.63, 3.8) is 0 Å². The van der Waals surface area contributed by atoms with Gasteiger partial charge in [0.15, 0.2) is 0 Å². The Balaban J connectivity index is 2.35. The second-order valence-electron chi connectivity index (χ2n) is 5.25. The molecule has 1 rings (SSSR count). The molecular formula is C17H28N2O2. The molecular weight excluding hydrogens is 264 g/mol. The number of para-hydroxylation sites is 1. The summed E-state index contributed by atoms with van der Waals surface area (Å²) in [6.45, 7) is 9.56. The van der Waals surface area contributed by atoms with Gasteiger partial charge in [-0.25, -0.2) is 0 Å². The van der Waals surface area contributed by atoms with Crippen LogP contribution in [0.3, 0.4) is 0 Å². The third-order valence-electron chi connectivity index (χ3n) is 3.83. The van der Waals surface area contributed by atoms with Gasteiger partial charge in [-0.15, -0.1) is 0 Å². The standard InChI is InChI=1S/C17H28N2O2/c1-5-19(6-2)13-12-17(20)18(4)15(3)14-21-16-10-8-7-9-11-16/h7-11,15H,5-6,12-14H2,1-4H3. The van der Waals surface area contributed by atoms with Crippen molar-refractivity contribution in [3.05, 3.63) is 30.3 Å². The maximum Gasteiger partial charge on any atom is 0.223 e. The molecule has 0 radical (unpaired) electrons. The summed E-state index contributed by atoms with van der Waals surface area (Å²) in [5, 5.41) is 0. The third kappa shape index (κ3) is 6.17. The van der Waals surface area contributed by atoms with Crippen LogP contribution >= 0.6 is 0 Å². The zero-order chi connectivity index (χ0) is 15.7. The van der Waals surface area contributed by atoms with Crippen molar-refractivity contribution in [3.8, 4) is 5.75 Å². The fourth-order valence-corrected chi connectivity index (χ4v) is 2.06. The first-order valence-corrected chi connectivity index (χ1v) is 7.74. The van der Waals surface area contributed by atoms with Crippen LogP contribution in [0.15, 0.2) is 30.3 Å². The Morgan fingerprint density at radius 1 is 1.19 bits per heavy atom. The molecule has 0 aliphatic heterocycles. The number of rotatable bonds is 9. The molecule has 0 N–H and O–H groups in total. The van der Waals surface area contributed by atoms with E-state index in [-0.39, 0.29) is 11.9 Å². The number of ether oxygens (including phenoxy) is 1. The van der Waals surface area contributed by atoms with Crippen LogP contribution < -0.4 is 4.74 Å². The molecule has 0 fully saturated rings. The fourth-order valence-electron chi connectivity index (χ4n) is 2.06. The van der Waals surface area contributed by atoms with Crippen LogP contribution in [0.25, 0.3) is 0 Å². The van der Waals surface area contributed by atoms with Crippen LogP contribution in [0.5, 0.6) is 5.75 Å². The topological polar surface area (TPSA) is 32.8 Å². The second-order valence-corrected chi connectivity index (χ2v) is 5.25. The monoisotopic (exact) mass is 292 g/mol. The normalized spacial score (nSPS) is 12.2. The summed E-state index contributed by atoms with van der Waals surface area (Å²) < 4.78 is 5.70. The van der Waals surface area contributed by atoms with Crippen molar-refractivity contribution in [2.45, 2.75) is 33.2 Å². The third-order valence-corrected chi connectivity index (χ3v) is 3.83. The van der Waals surface area contributed by atoms with Gasteiger partial charge in [0, 0.05) is 20.0 Å². The SMILES string of the molecule is CCN(CC)CCC(=O)N(C)C(C)COc1ccccc1. The summed E-state index contributed by atoms with van der Waals surface area (Å²) >= 11 is 0. The molecule has 0 spiro atoms. The molecule has 0 aromatic heterocycles. The first-order chi connectivity index (χ1) is 10.1. The predicted molar refractivity (Wildman–Crippen MR) is 86.6 cm³/mol. The lowest BCUT2D eigenvalue weighted by molar-refractivity contribution is -0.132.